The maximum Gasteiger partial charge on any atom is 0.260 e. The highest BCUT2D eigenvalue weighted by atomic mass is 35.5. The van der Waals surface area contributed by atoms with Gasteiger partial charge in [-0.05, 0) is 43.7 Å². The Hall–Kier alpha value is -2.44. The van der Waals surface area contributed by atoms with Crippen molar-refractivity contribution < 1.29 is 13.9 Å². The molecular weight excluding hydrogens is 357 g/mol. The number of imidazole rings is 1. The van der Waals surface area contributed by atoms with Crippen LogP contribution >= 0.6 is 11.6 Å². The van der Waals surface area contributed by atoms with Crippen molar-refractivity contribution in [2.24, 2.45) is 0 Å². The third-order valence-electron chi connectivity index (χ3n) is 3.93. The number of amides is 1. The van der Waals surface area contributed by atoms with Gasteiger partial charge in [-0.3, -0.25) is 10.1 Å². The minimum atomic E-state index is -0.633. The van der Waals surface area contributed by atoms with Gasteiger partial charge >= 0.3 is 0 Å². The molecule has 1 heterocycles. The van der Waals surface area contributed by atoms with E-state index in [4.69, 9.17) is 16.3 Å². The normalized spacial score (nSPS) is 11.0. The van der Waals surface area contributed by atoms with Crippen molar-refractivity contribution in [2.75, 3.05) is 18.5 Å². The molecule has 0 fully saturated rings. The van der Waals surface area contributed by atoms with Gasteiger partial charge < -0.3 is 9.30 Å². The molecule has 3 aromatic rings. The van der Waals surface area contributed by atoms with Crippen molar-refractivity contribution in [1.29, 1.82) is 0 Å². The fourth-order valence-electron chi connectivity index (χ4n) is 2.71. The topological polar surface area (TPSA) is 56.1 Å². The number of para-hydroxylation sites is 2. The van der Waals surface area contributed by atoms with Crippen LogP contribution in [0.4, 0.5) is 10.3 Å². The molecule has 0 atom stereocenters. The molecule has 1 aromatic heterocycles. The Morgan fingerprint density at radius 1 is 1.31 bits per heavy atom. The molecule has 7 heteroatoms. The van der Waals surface area contributed by atoms with Crippen LogP contribution in [0.3, 0.4) is 0 Å². The predicted octanol–water partition coefficient (Wildman–Crippen LogP) is 4.51. The molecule has 0 radical (unpaired) electrons. The average Bonchev–Trinajstić information content (AvgIpc) is 2.98. The van der Waals surface area contributed by atoms with E-state index in [0.717, 1.165) is 17.5 Å². The Labute approximate surface area is 155 Å². The molecule has 0 saturated heterocycles. The van der Waals surface area contributed by atoms with Crippen molar-refractivity contribution >= 4 is 34.5 Å². The summed E-state index contributed by atoms with van der Waals surface area (Å²) in [5.41, 5.74) is 1.53. The molecule has 3 rings (SSSR count). The number of carbonyl (C=O) groups is 1. The van der Waals surface area contributed by atoms with E-state index in [1.807, 2.05) is 35.8 Å². The van der Waals surface area contributed by atoms with Gasteiger partial charge in [0.05, 0.1) is 16.6 Å². The number of fused-ring (bicyclic) bond motifs is 1. The Bertz CT molecular complexity index is 926. The van der Waals surface area contributed by atoms with E-state index in [1.165, 1.54) is 18.2 Å². The zero-order chi connectivity index (χ0) is 18.5. The van der Waals surface area contributed by atoms with Gasteiger partial charge in [0.15, 0.2) is 0 Å². The standard InChI is InChI=1S/C19H19ClFN3O2/c1-2-26-11-5-10-24-17-7-4-3-6-16(17)22-19(24)23-18(25)14-12-13(20)8-9-15(14)21/h3-4,6-9,12H,2,5,10-11H2,1H3,(H,22,23,25). The number of nitrogens with one attached hydrogen (secondary N) is 1. The van der Waals surface area contributed by atoms with Gasteiger partial charge in [-0.2, -0.15) is 0 Å². The second-order valence-corrected chi connectivity index (χ2v) is 6.14. The van der Waals surface area contributed by atoms with Gasteiger partial charge in [-0.25, -0.2) is 9.37 Å². The maximum absolute atomic E-state index is 14.0. The number of carbonyl (C=O) groups excluding carboxylic acids is 1. The summed E-state index contributed by atoms with van der Waals surface area (Å²) in [4.78, 5) is 17.0. The second kappa shape index (κ2) is 8.29. The average molecular weight is 376 g/mol. The predicted molar refractivity (Wildman–Crippen MR) is 100 cm³/mol. The number of hydrogen-bond donors (Lipinski definition) is 1. The number of hydrogen-bond acceptors (Lipinski definition) is 3. The van der Waals surface area contributed by atoms with Crippen molar-refractivity contribution in [3.05, 3.63) is 58.9 Å². The van der Waals surface area contributed by atoms with Gasteiger partial charge in [0.25, 0.3) is 5.91 Å². The molecular formula is C19H19ClFN3O2. The SMILES string of the molecule is CCOCCCn1c(NC(=O)c2cc(Cl)ccc2F)nc2ccccc21. The lowest BCUT2D eigenvalue weighted by Crippen LogP contribution is -2.18. The van der Waals surface area contributed by atoms with Gasteiger partial charge in [0.2, 0.25) is 5.95 Å². The van der Waals surface area contributed by atoms with Crippen LogP contribution in [-0.4, -0.2) is 28.7 Å². The first-order valence-corrected chi connectivity index (χ1v) is 8.77. The number of anilines is 1. The van der Waals surface area contributed by atoms with E-state index < -0.39 is 11.7 Å². The number of benzene rings is 2. The molecule has 26 heavy (non-hydrogen) atoms. The van der Waals surface area contributed by atoms with Crippen LogP contribution < -0.4 is 5.32 Å². The molecule has 1 amide bonds. The molecule has 0 saturated carbocycles. The summed E-state index contributed by atoms with van der Waals surface area (Å²) in [6.45, 7) is 3.83. The van der Waals surface area contributed by atoms with Crippen molar-refractivity contribution in [3.63, 3.8) is 0 Å². The summed E-state index contributed by atoms with van der Waals surface area (Å²) in [5.74, 6) is -0.857. The van der Waals surface area contributed by atoms with E-state index >= 15 is 0 Å². The number of aryl methyl sites for hydroxylation is 1. The lowest BCUT2D eigenvalue weighted by Gasteiger charge is -2.11. The Balaban J connectivity index is 1.88. The molecule has 0 aliphatic carbocycles. The van der Waals surface area contributed by atoms with E-state index in [1.54, 1.807) is 0 Å². The van der Waals surface area contributed by atoms with Crippen LogP contribution in [0.25, 0.3) is 11.0 Å². The minimum absolute atomic E-state index is 0.120. The first-order chi connectivity index (χ1) is 12.6. The molecule has 0 aliphatic rings. The minimum Gasteiger partial charge on any atom is -0.382 e. The van der Waals surface area contributed by atoms with Gasteiger partial charge in [-0.15, -0.1) is 0 Å². The van der Waals surface area contributed by atoms with Crippen molar-refractivity contribution in [3.8, 4) is 0 Å². The first-order valence-electron chi connectivity index (χ1n) is 8.39. The van der Waals surface area contributed by atoms with E-state index in [0.29, 0.717) is 30.7 Å². The number of ether oxygens (including phenoxy) is 1. The van der Waals surface area contributed by atoms with Gasteiger partial charge in [-0.1, -0.05) is 23.7 Å². The highest BCUT2D eigenvalue weighted by Gasteiger charge is 2.17. The molecule has 2 aromatic carbocycles. The number of nitrogens with zero attached hydrogens (tertiary/aromatic N) is 2. The summed E-state index contributed by atoms with van der Waals surface area (Å²) in [6.07, 6.45) is 0.766. The highest BCUT2D eigenvalue weighted by molar-refractivity contribution is 6.31. The summed E-state index contributed by atoms with van der Waals surface area (Å²) in [6, 6.07) is 11.4. The molecule has 0 spiro atoms. The first kappa shape index (κ1) is 18.4. The third-order valence-corrected chi connectivity index (χ3v) is 4.16. The smallest absolute Gasteiger partial charge is 0.260 e. The molecule has 0 aliphatic heterocycles. The number of halogens is 2. The summed E-state index contributed by atoms with van der Waals surface area (Å²) in [7, 11) is 0. The molecule has 1 N–H and O–H groups in total. The Morgan fingerprint density at radius 3 is 2.92 bits per heavy atom. The second-order valence-electron chi connectivity index (χ2n) is 5.70. The van der Waals surface area contributed by atoms with E-state index in [2.05, 4.69) is 10.3 Å². The summed E-state index contributed by atoms with van der Waals surface area (Å²) >= 11 is 5.88. The monoisotopic (exact) mass is 375 g/mol. The van der Waals surface area contributed by atoms with Crippen LogP contribution in [0.15, 0.2) is 42.5 Å². The zero-order valence-electron chi connectivity index (χ0n) is 14.3. The maximum atomic E-state index is 14.0. The van der Waals surface area contributed by atoms with Crippen LogP contribution in [-0.2, 0) is 11.3 Å². The quantitative estimate of drug-likeness (QED) is 0.618. The largest absolute Gasteiger partial charge is 0.382 e. The lowest BCUT2D eigenvalue weighted by atomic mass is 10.2. The fourth-order valence-corrected chi connectivity index (χ4v) is 2.88. The van der Waals surface area contributed by atoms with Crippen molar-refractivity contribution in [1.82, 2.24) is 9.55 Å². The van der Waals surface area contributed by atoms with Gasteiger partial charge in [0, 0.05) is 24.8 Å². The molecule has 136 valence electrons. The number of aromatic nitrogens is 2. The van der Waals surface area contributed by atoms with Crippen LogP contribution in [0.5, 0.6) is 0 Å². The van der Waals surface area contributed by atoms with Crippen LogP contribution in [0, 0.1) is 5.82 Å². The Kier molecular flexibility index (Phi) is 5.85. The summed E-state index contributed by atoms with van der Waals surface area (Å²) in [5, 5.41) is 2.99. The van der Waals surface area contributed by atoms with E-state index in [9.17, 15) is 9.18 Å². The Morgan fingerprint density at radius 2 is 2.12 bits per heavy atom. The highest BCUT2D eigenvalue weighted by Crippen LogP contribution is 2.22. The van der Waals surface area contributed by atoms with Crippen LogP contribution in [0.1, 0.15) is 23.7 Å². The molecule has 5 nitrogen and oxygen atoms in total. The van der Waals surface area contributed by atoms with Gasteiger partial charge in [0.1, 0.15) is 5.82 Å². The zero-order valence-corrected chi connectivity index (χ0v) is 15.1. The molecule has 0 unspecified atom stereocenters. The summed E-state index contributed by atoms with van der Waals surface area (Å²) < 4.78 is 21.2. The molecule has 0 bridgehead atoms. The number of rotatable bonds is 7. The third kappa shape index (κ3) is 4.03. The fraction of sp³-hybridized carbons (Fsp3) is 0.263. The van der Waals surface area contributed by atoms with E-state index in [-0.39, 0.29) is 5.56 Å². The lowest BCUT2D eigenvalue weighted by molar-refractivity contribution is 0.102. The van der Waals surface area contributed by atoms with Crippen LogP contribution in [0.2, 0.25) is 5.02 Å². The van der Waals surface area contributed by atoms with Crippen molar-refractivity contribution in [2.45, 2.75) is 19.9 Å².